The molecular weight excluding hydrogens is 356 g/mol. The highest BCUT2D eigenvalue weighted by Gasteiger charge is 2.36. The molecule has 0 radical (unpaired) electrons. The van der Waals surface area contributed by atoms with Gasteiger partial charge in [0.1, 0.15) is 24.4 Å². The van der Waals surface area contributed by atoms with Crippen molar-refractivity contribution in [3.05, 3.63) is 24.8 Å². The number of amides is 2. The monoisotopic (exact) mass is 388 g/mol. The van der Waals surface area contributed by atoms with Gasteiger partial charge >= 0.3 is 0 Å². The second kappa shape index (κ2) is 11.8. The maximum atomic E-state index is 12.3. The second-order valence-corrected chi connectivity index (χ2v) is 7.13. The third kappa shape index (κ3) is 9.12. The quantitative estimate of drug-likeness (QED) is 0.235. The van der Waals surface area contributed by atoms with Gasteiger partial charge in [-0.1, -0.05) is 39.0 Å². The lowest BCUT2D eigenvalue weighted by atomic mass is 9.94. The molecule has 6 N–H and O–H groups in total. The van der Waals surface area contributed by atoms with Crippen LogP contribution in [0.25, 0.3) is 0 Å². The molecule has 9 nitrogen and oxygen atoms in total. The summed E-state index contributed by atoms with van der Waals surface area (Å²) in [5.41, 5.74) is -0.253. The van der Waals surface area contributed by atoms with E-state index in [4.69, 9.17) is 4.74 Å². The molecule has 0 aromatic rings. The predicted molar refractivity (Wildman–Crippen MR) is 99.6 cm³/mol. The first-order valence-electron chi connectivity index (χ1n) is 8.54. The van der Waals surface area contributed by atoms with Gasteiger partial charge in [0.2, 0.25) is 5.91 Å². The zero-order chi connectivity index (χ0) is 21.2. The first-order chi connectivity index (χ1) is 12.5. The Bertz CT molecular complexity index is 516. The van der Waals surface area contributed by atoms with Gasteiger partial charge in [0.05, 0.1) is 6.61 Å². The molecule has 0 aromatic heterocycles. The van der Waals surface area contributed by atoms with E-state index in [0.29, 0.717) is 0 Å². The molecule has 27 heavy (non-hydrogen) atoms. The molecule has 5 atom stereocenters. The Balaban J connectivity index is 5.05. The van der Waals surface area contributed by atoms with Gasteiger partial charge in [-0.25, -0.2) is 0 Å². The van der Waals surface area contributed by atoms with E-state index in [0.717, 1.165) is 7.11 Å². The van der Waals surface area contributed by atoms with Crippen molar-refractivity contribution in [3.63, 3.8) is 0 Å². The van der Waals surface area contributed by atoms with Gasteiger partial charge in [0.15, 0.2) is 6.10 Å². The summed E-state index contributed by atoms with van der Waals surface area (Å²) in [5, 5.41) is 44.2. The number of carbonyl (C=O) groups is 2. The molecule has 156 valence electrons. The summed E-state index contributed by atoms with van der Waals surface area (Å²) in [6.07, 6.45) is -2.09. The van der Waals surface area contributed by atoms with E-state index in [1.807, 2.05) is 20.8 Å². The minimum absolute atomic E-state index is 0.145. The summed E-state index contributed by atoms with van der Waals surface area (Å²) in [5.74, 6) is -1.58. The molecule has 0 fully saturated rings. The summed E-state index contributed by atoms with van der Waals surface area (Å²) in [7, 11) is 1.13. The minimum atomic E-state index is -1.77. The normalized spacial score (nSPS) is 17.6. The Hall–Kier alpha value is -1.78. The third-order valence-corrected chi connectivity index (χ3v) is 3.55. The fourth-order valence-electron chi connectivity index (χ4n) is 2.03. The van der Waals surface area contributed by atoms with Crippen LogP contribution in [0.5, 0.6) is 0 Å². The first-order valence-corrected chi connectivity index (χ1v) is 8.54. The maximum absolute atomic E-state index is 12.3. The molecule has 0 heterocycles. The Morgan fingerprint density at radius 2 is 1.74 bits per heavy atom. The zero-order valence-corrected chi connectivity index (χ0v) is 16.3. The largest absolute Gasteiger partial charge is 0.394 e. The van der Waals surface area contributed by atoms with E-state index in [2.05, 4.69) is 17.2 Å². The highest BCUT2D eigenvalue weighted by molar-refractivity contribution is 5.89. The van der Waals surface area contributed by atoms with E-state index in [1.165, 1.54) is 12.2 Å². The van der Waals surface area contributed by atoms with Crippen LogP contribution >= 0.6 is 0 Å². The summed E-state index contributed by atoms with van der Waals surface area (Å²) < 4.78 is 4.91. The molecule has 0 rings (SSSR count). The lowest BCUT2D eigenvalue weighted by Crippen LogP contribution is -2.56. The van der Waals surface area contributed by atoms with Crippen LogP contribution in [0, 0.1) is 5.41 Å². The first kappa shape index (κ1) is 25.2. The number of nitrogens with one attached hydrogen (secondary N) is 2. The Labute approximate surface area is 159 Å². The van der Waals surface area contributed by atoms with Crippen molar-refractivity contribution < 1.29 is 34.8 Å². The van der Waals surface area contributed by atoms with Gasteiger partial charge in [-0.2, -0.15) is 0 Å². The SMILES string of the molecule is C=CCNC(=O)[C@H](CO)NC(=O)[C@H](OC)[C@H](O)[C@@H](O)[C@H](O)/C=C/C(C)(C)C. The van der Waals surface area contributed by atoms with Crippen molar-refractivity contribution in [1.29, 1.82) is 0 Å². The van der Waals surface area contributed by atoms with Crippen molar-refractivity contribution in [2.45, 2.75) is 51.2 Å². The molecule has 0 aliphatic carbocycles. The van der Waals surface area contributed by atoms with Crippen LogP contribution in [-0.4, -0.2) is 83.0 Å². The van der Waals surface area contributed by atoms with Crippen LogP contribution in [-0.2, 0) is 14.3 Å². The lowest BCUT2D eigenvalue weighted by Gasteiger charge is -2.28. The summed E-state index contributed by atoms with van der Waals surface area (Å²) in [6.45, 7) is 8.56. The number of hydrogen-bond donors (Lipinski definition) is 6. The molecule has 0 unspecified atom stereocenters. The van der Waals surface area contributed by atoms with Gasteiger partial charge in [-0.15, -0.1) is 6.58 Å². The number of aliphatic hydroxyl groups is 4. The van der Waals surface area contributed by atoms with Crippen LogP contribution in [0.3, 0.4) is 0 Å². The van der Waals surface area contributed by atoms with E-state index < -0.39 is 48.9 Å². The topological polar surface area (TPSA) is 148 Å². The minimum Gasteiger partial charge on any atom is -0.394 e. The molecule has 0 bridgehead atoms. The van der Waals surface area contributed by atoms with E-state index >= 15 is 0 Å². The van der Waals surface area contributed by atoms with Crippen LogP contribution in [0.4, 0.5) is 0 Å². The molecule has 0 saturated carbocycles. The predicted octanol–water partition coefficient (Wildman–Crippen LogP) is -1.53. The zero-order valence-electron chi connectivity index (χ0n) is 16.3. The highest BCUT2D eigenvalue weighted by atomic mass is 16.5. The number of hydrogen-bond acceptors (Lipinski definition) is 7. The Kier molecular flexibility index (Phi) is 11.1. The molecule has 0 spiro atoms. The standard InChI is InChI=1S/C18H32N2O7/c1-6-9-19-16(25)11(10-21)20-17(26)15(27-5)14(24)13(23)12(22)7-8-18(2,3)4/h6-8,11-15,21-24H,1,9-10H2,2-5H3,(H,19,25)(H,20,26)/b8-7+/t11-,12+,13-,14+,15+/m0/s1. The van der Waals surface area contributed by atoms with Crippen molar-refractivity contribution >= 4 is 11.8 Å². The van der Waals surface area contributed by atoms with Crippen molar-refractivity contribution in [3.8, 4) is 0 Å². The molecule has 9 heteroatoms. The number of allylic oxidation sites excluding steroid dienone is 1. The summed E-state index contributed by atoms with van der Waals surface area (Å²) in [6, 6.07) is -1.27. The third-order valence-electron chi connectivity index (χ3n) is 3.55. The van der Waals surface area contributed by atoms with Crippen LogP contribution in [0.2, 0.25) is 0 Å². The van der Waals surface area contributed by atoms with E-state index in [1.54, 1.807) is 6.08 Å². The van der Waals surface area contributed by atoms with Crippen LogP contribution in [0.1, 0.15) is 20.8 Å². The molecule has 0 aromatic carbocycles. The van der Waals surface area contributed by atoms with Gasteiger partial charge in [0.25, 0.3) is 5.91 Å². The van der Waals surface area contributed by atoms with Gasteiger partial charge in [0, 0.05) is 13.7 Å². The van der Waals surface area contributed by atoms with E-state index in [9.17, 15) is 30.0 Å². The van der Waals surface area contributed by atoms with Gasteiger partial charge in [-0.05, 0) is 5.41 Å². The summed E-state index contributed by atoms with van der Waals surface area (Å²) >= 11 is 0. The van der Waals surface area contributed by atoms with Crippen molar-refractivity contribution in [2.24, 2.45) is 5.41 Å². The van der Waals surface area contributed by atoms with Crippen LogP contribution < -0.4 is 10.6 Å². The molecule has 0 saturated heterocycles. The second-order valence-electron chi connectivity index (χ2n) is 7.13. The lowest BCUT2D eigenvalue weighted by molar-refractivity contribution is -0.151. The van der Waals surface area contributed by atoms with Gasteiger partial charge < -0.3 is 35.8 Å². The maximum Gasteiger partial charge on any atom is 0.252 e. The molecule has 0 aliphatic rings. The average Bonchev–Trinajstić information content (AvgIpc) is 2.61. The number of aliphatic hydroxyl groups excluding tert-OH is 4. The Morgan fingerprint density at radius 1 is 1.15 bits per heavy atom. The number of methoxy groups -OCH3 is 1. The fourth-order valence-corrected chi connectivity index (χ4v) is 2.03. The van der Waals surface area contributed by atoms with E-state index in [-0.39, 0.29) is 12.0 Å². The molecular formula is C18H32N2O7. The smallest absolute Gasteiger partial charge is 0.252 e. The highest BCUT2D eigenvalue weighted by Crippen LogP contribution is 2.17. The number of rotatable bonds is 11. The number of carbonyl (C=O) groups excluding carboxylic acids is 2. The molecule has 0 aliphatic heterocycles. The van der Waals surface area contributed by atoms with Crippen LogP contribution in [0.15, 0.2) is 24.8 Å². The fraction of sp³-hybridized carbons (Fsp3) is 0.667. The Morgan fingerprint density at radius 3 is 2.19 bits per heavy atom. The number of ether oxygens (including phenoxy) is 1. The summed E-state index contributed by atoms with van der Waals surface area (Å²) in [4.78, 5) is 24.1. The van der Waals surface area contributed by atoms with Crippen molar-refractivity contribution in [1.82, 2.24) is 10.6 Å². The van der Waals surface area contributed by atoms with Gasteiger partial charge in [-0.3, -0.25) is 9.59 Å². The average molecular weight is 388 g/mol. The molecule has 2 amide bonds. The van der Waals surface area contributed by atoms with Crippen molar-refractivity contribution in [2.75, 3.05) is 20.3 Å².